The monoisotopic (exact) mass is 645 g/mol. The zero-order valence-electron chi connectivity index (χ0n) is 22.9. The molecule has 0 radical (unpaired) electrons. The van der Waals surface area contributed by atoms with E-state index in [0.717, 1.165) is 18.8 Å². The van der Waals surface area contributed by atoms with Crippen molar-refractivity contribution >= 4 is 36.3 Å². The number of hydrogen-bond acceptors (Lipinski definition) is 13. The van der Waals surface area contributed by atoms with Crippen LogP contribution < -0.4 is 32.5 Å². The summed E-state index contributed by atoms with van der Waals surface area (Å²) in [6, 6.07) is 11.2. The number of ether oxygens (including phenoxy) is 3. The summed E-state index contributed by atoms with van der Waals surface area (Å²) in [7, 11) is -9.48. The van der Waals surface area contributed by atoms with Crippen LogP contribution in [0.2, 0.25) is 0 Å². The number of carbonyl (C=O) groups is 1. The van der Waals surface area contributed by atoms with Gasteiger partial charge in [-0.15, -0.1) is 0 Å². The Hall–Kier alpha value is -4.22. The second-order valence-electron chi connectivity index (χ2n) is 8.67. The molecule has 17 heteroatoms. The fourth-order valence-corrected chi connectivity index (χ4v) is 5.10. The van der Waals surface area contributed by atoms with E-state index in [1.54, 1.807) is 0 Å². The summed E-state index contributed by atoms with van der Waals surface area (Å²) < 4.78 is 103. The summed E-state index contributed by atoms with van der Waals surface area (Å²) in [5.74, 6) is -1.59. The van der Waals surface area contributed by atoms with Gasteiger partial charge in [0.25, 0.3) is 5.91 Å². The minimum absolute atomic E-state index is 0.0281. The summed E-state index contributed by atoms with van der Waals surface area (Å²) in [4.78, 5) is 11.2. The first-order valence-corrected chi connectivity index (χ1v) is 17.0. The molecule has 3 aromatic carbocycles. The van der Waals surface area contributed by atoms with Gasteiger partial charge in [0.05, 0.1) is 38.6 Å². The summed E-state index contributed by atoms with van der Waals surface area (Å²) in [6.45, 7) is -0.582. The first-order chi connectivity index (χ1) is 19.4. The van der Waals surface area contributed by atoms with E-state index in [1.807, 2.05) is 0 Å². The van der Waals surface area contributed by atoms with Gasteiger partial charge in [-0.3, -0.25) is 4.79 Å². The highest BCUT2D eigenvalue weighted by Gasteiger charge is 2.27. The Labute approximate surface area is 243 Å². The van der Waals surface area contributed by atoms with Crippen molar-refractivity contribution in [1.82, 2.24) is 0 Å². The Morgan fingerprint density at radius 2 is 1.24 bits per heavy atom. The minimum atomic E-state index is -4.18. The van der Waals surface area contributed by atoms with Gasteiger partial charge >= 0.3 is 30.4 Å². The average Bonchev–Trinajstić information content (AvgIpc) is 2.85. The third kappa shape index (κ3) is 8.64. The lowest BCUT2D eigenvalue weighted by Gasteiger charge is -2.21. The zero-order valence-corrected chi connectivity index (χ0v) is 25.4. The van der Waals surface area contributed by atoms with Gasteiger partial charge in [0.2, 0.25) is 0 Å². The van der Waals surface area contributed by atoms with Gasteiger partial charge < -0.3 is 32.5 Å². The number of amides is 1. The molecule has 2 N–H and O–H groups in total. The Morgan fingerprint density at radius 3 is 1.74 bits per heavy atom. The van der Waals surface area contributed by atoms with E-state index in [0.29, 0.717) is 5.56 Å². The Kier molecular flexibility index (Phi) is 9.49. The van der Waals surface area contributed by atoms with Crippen molar-refractivity contribution in [3.05, 3.63) is 48.5 Å². The molecule has 0 bridgehead atoms. The molecular weight excluding hydrogens is 618 g/mol. The topological polar surface area (TPSA) is 201 Å². The third-order valence-electron chi connectivity index (χ3n) is 5.11. The highest BCUT2D eigenvalue weighted by molar-refractivity contribution is 7.86. The van der Waals surface area contributed by atoms with Crippen molar-refractivity contribution in [2.45, 2.75) is 0 Å². The molecule has 0 unspecified atom stereocenters. The fourth-order valence-electron chi connectivity index (χ4n) is 3.72. The molecule has 0 aliphatic carbocycles. The van der Waals surface area contributed by atoms with Crippen LogP contribution in [0.1, 0.15) is 0 Å². The first-order valence-electron chi connectivity index (χ1n) is 11.5. The summed E-state index contributed by atoms with van der Waals surface area (Å²) >= 11 is 0. The predicted molar refractivity (Wildman–Crippen MR) is 152 cm³/mol. The molecule has 0 fully saturated rings. The number of hydrogen-bond donors (Lipinski definition) is 1. The second kappa shape index (κ2) is 12.3. The molecule has 0 aromatic heterocycles. The van der Waals surface area contributed by atoms with E-state index in [-0.39, 0.29) is 51.2 Å². The van der Waals surface area contributed by atoms with Crippen molar-refractivity contribution < 1.29 is 56.8 Å². The smallest absolute Gasteiger partial charge is 0.306 e. The van der Waals surface area contributed by atoms with Gasteiger partial charge in [-0.2, -0.15) is 25.3 Å². The Balaban J connectivity index is 2.32. The molecule has 0 saturated carbocycles. The van der Waals surface area contributed by atoms with E-state index < -0.39 is 42.9 Å². The van der Waals surface area contributed by atoms with Crippen LogP contribution in [0.5, 0.6) is 34.5 Å². The highest BCUT2D eigenvalue weighted by atomic mass is 32.2. The van der Waals surface area contributed by atoms with Crippen LogP contribution in [-0.4, -0.2) is 70.8 Å². The van der Waals surface area contributed by atoms with Crippen molar-refractivity contribution in [3.63, 3.8) is 0 Å². The predicted octanol–water partition coefficient (Wildman–Crippen LogP) is 1.92. The molecule has 0 aliphatic rings. The van der Waals surface area contributed by atoms with Gasteiger partial charge in [-0.05, 0) is 41.5 Å². The van der Waals surface area contributed by atoms with E-state index >= 15 is 0 Å². The first kappa shape index (κ1) is 32.3. The lowest BCUT2D eigenvalue weighted by Crippen LogP contribution is -2.20. The largest absolute Gasteiger partial charge is 0.496 e. The van der Waals surface area contributed by atoms with Crippen molar-refractivity contribution in [1.29, 1.82) is 0 Å². The third-order valence-corrected chi connectivity index (χ3v) is 6.56. The Morgan fingerprint density at radius 1 is 0.667 bits per heavy atom. The number of benzene rings is 3. The van der Waals surface area contributed by atoms with Crippen LogP contribution in [-0.2, 0) is 35.1 Å². The number of primary amides is 1. The molecule has 228 valence electrons. The quantitative estimate of drug-likeness (QED) is 0.265. The molecule has 3 aromatic rings. The van der Waals surface area contributed by atoms with E-state index in [4.69, 9.17) is 32.5 Å². The maximum Gasteiger partial charge on any atom is 0.306 e. The fraction of sp³-hybridized carbons (Fsp3) is 0.240. The average molecular weight is 646 g/mol. The van der Waals surface area contributed by atoms with Gasteiger partial charge in [-0.25, -0.2) is 0 Å². The Bertz CT molecular complexity index is 1820. The number of methoxy groups -OCH3 is 2. The maximum absolute atomic E-state index is 12.4. The second-order valence-corrected chi connectivity index (χ2v) is 13.4. The zero-order chi connectivity index (χ0) is 31.5. The standard InChI is InChI=1S/C25H27NO13S3/c1-34-21-13-18(15-6-9-17(10-7-15)37-40(3,28)29)24(35-2)25(39-42(5,32)33)23(21)16-8-11-19(36-14-22(26)27)20(12-16)38-41(4,30)31/h6-13H,14H2,1-5H3,(H2,26,27). The SMILES string of the molecule is COc1cc(-c2ccc(OS(C)(=O)=O)cc2)c(OC)c(OS(C)(=O)=O)c1-c1ccc(OCC(N)=O)c(OS(C)(=O)=O)c1. The van der Waals surface area contributed by atoms with E-state index in [1.165, 1.54) is 62.8 Å². The summed E-state index contributed by atoms with van der Waals surface area (Å²) in [5, 5.41) is 0. The molecule has 3 rings (SSSR count). The number of rotatable bonds is 13. The van der Waals surface area contributed by atoms with Gasteiger partial charge in [-0.1, -0.05) is 18.2 Å². The van der Waals surface area contributed by atoms with Crippen LogP contribution in [0, 0.1) is 0 Å². The minimum Gasteiger partial charge on any atom is -0.496 e. The molecule has 0 aliphatic heterocycles. The van der Waals surface area contributed by atoms with Crippen LogP contribution in [0.25, 0.3) is 22.3 Å². The van der Waals surface area contributed by atoms with Crippen LogP contribution in [0.15, 0.2) is 48.5 Å². The molecule has 0 atom stereocenters. The van der Waals surface area contributed by atoms with Crippen LogP contribution >= 0.6 is 0 Å². The molecule has 0 spiro atoms. The molecule has 1 amide bonds. The van der Waals surface area contributed by atoms with Gasteiger partial charge in [0.1, 0.15) is 11.5 Å². The molecule has 14 nitrogen and oxygen atoms in total. The lowest BCUT2D eigenvalue weighted by molar-refractivity contribution is -0.119. The van der Waals surface area contributed by atoms with Crippen LogP contribution in [0.4, 0.5) is 0 Å². The normalized spacial score (nSPS) is 11.8. The van der Waals surface area contributed by atoms with E-state index in [9.17, 15) is 30.0 Å². The highest BCUT2D eigenvalue weighted by Crippen LogP contribution is 2.51. The number of carbonyl (C=O) groups excluding carboxylic acids is 1. The summed E-state index contributed by atoms with van der Waals surface area (Å²) in [6.07, 6.45) is 2.50. The number of nitrogens with two attached hydrogens (primary N) is 1. The van der Waals surface area contributed by atoms with Gasteiger partial charge in [0.15, 0.2) is 29.6 Å². The maximum atomic E-state index is 12.4. The van der Waals surface area contributed by atoms with Crippen LogP contribution in [0.3, 0.4) is 0 Å². The van der Waals surface area contributed by atoms with Crippen molar-refractivity contribution in [2.75, 3.05) is 39.6 Å². The van der Waals surface area contributed by atoms with Gasteiger partial charge in [0, 0.05) is 5.56 Å². The molecular formula is C25H27NO13S3. The molecule has 0 saturated heterocycles. The van der Waals surface area contributed by atoms with E-state index in [2.05, 4.69) is 0 Å². The molecule has 0 heterocycles. The van der Waals surface area contributed by atoms with Crippen molar-refractivity contribution in [3.8, 4) is 56.8 Å². The van der Waals surface area contributed by atoms with Crippen molar-refractivity contribution in [2.24, 2.45) is 5.73 Å². The molecule has 42 heavy (non-hydrogen) atoms. The lowest BCUT2D eigenvalue weighted by atomic mass is 9.96. The summed E-state index contributed by atoms with van der Waals surface area (Å²) in [5.41, 5.74) is 6.03.